The number of ether oxygens (including phenoxy) is 1. The summed E-state index contributed by atoms with van der Waals surface area (Å²) >= 11 is 0. The van der Waals surface area contributed by atoms with E-state index in [1.807, 2.05) is 0 Å². The molecule has 2 N–H and O–H groups in total. The smallest absolute Gasteiger partial charge is 0.333 e. The Hall–Kier alpha value is -0.910. The standard InChI is InChI=1S/C13H21NO4/c1-3-9(2)12(16)18-8-13(17)5-7-14-6-4-10(15)11(13)14/h3,10-11,15,17H,4-8H2,1-2H3/b9-3-/t10-,11-,13-/m0/s1. The van der Waals surface area contributed by atoms with Crippen LogP contribution in [0.3, 0.4) is 0 Å². The van der Waals surface area contributed by atoms with Crippen LogP contribution in [0.1, 0.15) is 26.7 Å². The van der Waals surface area contributed by atoms with Gasteiger partial charge in [0.15, 0.2) is 0 Å². The van der Waals surface area contributed by atoms with Crippen molar-refractivity contribution in [2.45, 2.75) is 44.4 Å². The van der Waals surface area contributed by atoms with Gasteiger partial charge in [0.05, 0.1) is 12.1 Å². The van der Waals surface area contributed by atoms with Crippen molar-refractivity contribution in [1.29, 1.82) is 0 Å². The van der Waals surface area contributed by atoms with E-state index in [1.54, 1.807) is 19.9 Å². The highest BCUT2D eigenvalue weighted by atomic mass is 16.5. The summed E-state index contributed by atoms with van der Waals surface area (Å²) < 4.78 is 5.14. The number of nitrogens with zero attached hydrogens (tertiary/aromatic N) is 1. The number of fused-ring (bicyclic) bond motifs is 1. The van der Waals surface area contributed by atoms with Crippen LogP contribution in [0.2, 0.25) is 0 Å². The van der Waals surface area contributed by atoms with Crippen molar-refractivity contribution in [1.82, 2.24) is 4.90 Å². The fraction of sp³-hybridized carbons (Fsp3) is 0.769. The molecule has 0 amide bonds. The van der Waals surface area contributed by atoms with E-state index in [2.05, 4.69) is 4.90 Å². The van der Waals surface area contributed by atoms with Crippen LogP contribution in [-0.4, -0.2) is 58.5 Å². The number of rotatable bonds is 3. The Morgan fingerprint density at radius 1 is 1.56 bits per heavy atom. The maximum absolute atomic E-state index is 11.6. The number of esters is 1. The molecule has 0 bridgehead atoms. The van der Waals surface area contributed by atoms with Gasteiger partial charge in [0.2, 0.25) is 0 Å². The second kappa shape index (κ2) is 4.99. The summed E-state index contributed by atoms with van der Waals surface area (Å²) in [5.41, 5.74) is -0.583. The summed E-state index contributed by atoms with van der Waals surface area (Å²) in [5, 5.41) is 20.4. The Morgan fingerprint density at radius 3 is 2.94 bits per heavy atom. The molecule has 0 spiro atoms. The molecule has 2 heterocycles. The lowest BCUT2D eigenvalue weighted by Crippen LogP contribution is -2.50. The molecule has 0 aromatic heterocycles. The van der Waals surface area contributed by atoms with Gasteiger partial charge in [-0.3, -0.25) is 4.90 Å². The average Bonchev–Trinajstić information content (AvgIpc) is 2.89. The SMILES string of the molecule is C/C=C(/C)C(=O)OC[C@@]1(O)CCN2CC[C@H](O)[C@H]21. The Morgan fingerprint density at radius 2 is 2.28 bits per heavy atom. The lowest BCUT2D eigenvalue weighted by atomic mass is 9.92. The minimum atomic E-state index is -1.11. The number of allylic oxidation sites excluding steroid dienone is 1. The van der Waals surface area contributed by atoms with Crippen LogP contribution in [0.5, 0.6) is 0 Å². The van der Waals surface area contributed by atoms with E-state index in [0.29, 0.717) is 18.4 Å². The van der Waals surface area contributed by atoms with Gasteiger partial charge in [-0.25, -0.2) is 4.79 Å². The van der Waals surface area contributed by atoms with Crippen molar-refractivity contribution in [2.24, 2.45) is 0 Å². The Bertz CT molecular complexity index is 368. The second-order valence-corrected chi connectivity index (χ2v) is 5.24. The summed E-state index contributed by atoms with van der Waals surface area (Å²) in [6, 6.07) is -0.295. The lowest BCUT2D eigenvalue weighted by molar-refractivity contribution is -0.150. The molecule has 2 aliphatic heterocycles. The molecular weight excluding hydrogens is 234 g/mol. The monoisotopic (exact) mass is 255 g/mol. The largest absolute Gasteiger partial charge is 0.459 e. The number of carbonyl (C=O) groups excluding carboxylic acids is 1. The molecule has 2 rings (SSSR count). The third-order valence-electron chi connectivity index (χ3n) is 4.06. The van der Waals surface area contributed by atoms with Crippen LogP contribution in [0.4, 0.5) is 0 Å². The number of hydrogen-bond acceptors (Lipinski definition) is 5. The summed E-state index contributed by atoms with van der Waals surface area (Å²) in [4.78, 5) is 13.6. The first-order valence-electron chi connectivity index (χ1n) is 6.42. The fourth-order valence-electron chi connectivity index (χ4n) is 2.85. The normalized spacial score (nSPS) is 36.8. The zero-order chi connectivity index (χ0) is 13.3. The first-order valence-corrected chi connectivity index (χ1v) is 6.42. The van der Waals surface area contributed by atoms with E-state index < -0.39 is 17.7 Å². The van der Waals surface area contributed by atoms with E-state index in [-0.39, 0.29) is 12.6 Å². The lowest BCUT2D eigenvalue weighted by Gasteiger charge is -2.31. The minimum Gasteiger partial charge on any atom is -0.459 e. The van der Waals surface area contributed by atoms with Crippen LogP contribution < -0.4 is 0 Å². The third kappa shape index (κ3) is 2.30. The number of carbonyl (C=O) groups is 1. The van der Waals surface area contributed by atoms with Gasteiger partial charge in [-0.1, -0.05) is 6.08 Å². The Labute approximate surface area is 107 Å². The zero-order valence-corrected chi connectivity index (χ0v) is 10.9. The van der Waals surface area contributed by atoms with Gasteiger partial charge in [0.1, 0.15) is 12.2 Å². The van der Waals surface area contributed by atoms with Crippen LogP contribution in [0.15, 0.2) is 11.6 Å². The molecule has 0 aromatic rings. The van der Waals surface area contributed by atoms with Crippen LogP contribution in [0, 0.1) is 0 Å². The molecule has 2 aliphatic rings. The van der Waals surface area contributed by atoms with Gasteiger partial charge in [-0.05, 0) is 26.7 Å². The van der Waals surface area contributed by atoms with Crippen LogP contribution >= 0.6 is 0 Å². The zero-order valence-electron chi connectivity index (χ0n) is 10.9. The molecule has 2 saturated heterocycles. The molecule has 5 heteroatoms. The topological polar surface area (TPSA) is 70.0 Å². The predicted molar refractivity (Wildman–Crippen MR) is 65.9 cm³/mol. The summed E-state index contributed by atoms with van der Waals surface area (Å²) in [6.45, 7) is 4.95. The van der Waals surface area contributed by atoms with Crippen LogP contribution in [-0.2, 0) is 9.53 Å². The maximum Gasteiger partial charge on any atom is 0.333 e. The van der Waals surface area contributed by atoms with Crippen molar-refractivity contribution in [3.63, 3.8) is 0 Å². The van der Waals surface area contributed by atoms with Crippen molar-refractivity contribution < 1.29 is 19.7 Å². The van der Waals surface area contributed by atoms with E-state index in [4.69, 9.17) is 4.74 Å². The van der Waals surface area contributed by atoms with Gasteiger partial charge >= 0.3 is 5.97 Å². The fourth-order valence-corrected chi connectivity index (χ4v) is 2.85. The highest BCUT2D eigenvalue weighted by molar-refractivity contribution is 5.87. The molecule has 0 aromatic carbocycles. The summed E-state index contributed by atoms with van der Waals surface area (Å²) in [6.07, 6.45) is 2.36. The molecular formula is C13H21NO4. The van der Waals surface area contributed by atoms with Gasteiger partial charge in [-0.15, -0.1) is 0 Å². The molecule has 102 valence electrons. The van der Waals surface area contributed by atoms with Crippen molar-refractivity contribution in [3.05, 3.63) is 11.6 Å². The predicted octanol–water partition coefficient (Wildman–Crippen LogP) is 0.0658. The highest BCUT2D eigenvalue weighted by Crippen LogP contribution is 2.36. The molecule has 5 nitrogen and oxygen atoms in total. The Balaban J connectivity index is 1.98. The minimum absolute atomic E-state index is 0.0464. The van der Waals surface area contributed by atoms with E-state index in [0.717, 1.165) is 13.1 Å². The first kappa shape index (κ1) is 13.5. The van der Waals surface area contributed by atoms with Crippen molar-refractivity contribution >= 4 is 5.97 Å². The molecule has 0 saturated carbocycles. The summed E-state index contributed by atoms with van der Waals surface area (Å²) in [5.74, 6) is -0.406. The van der Waals surface area contributed by atoms with Gasteiger partial charge in [-0.2, -0.15) is 0 Å². The van der Waals surface area contributed by atoms with Gasteiger partial charge in [0, 0.05) is 18.7 Å². The number of aliphatic hydroxyl groups is 2. The number of aliphatic hydroxyl groups excluding tert-OH is 1. The van der Waals surface area contributed by atoms with E-state index >= 15 is 0 Å². The van der Waals surface area contributed by atoms with E-state index in [9.17, 15) is 15.0 Å². The average molecular weight is 255 g/mol. The quantitative estimate of drug-likeness (QED) is 0.551. The summed E-state index contributed by atoms with van der Waals surface area (Å²) in [7, 11) is 0. The second-order valence-electron chi connectivity index (χ2n) is 5.24. The molecule has 0 radical (unpaired) electrons. The van der Waals surface area contributed by atoms with Gasteiger partial charge < -0.3 is 14.9 Å². The van der Waals surface area contributed by atoms with Crippen LogP contribution in [0.25, 0.3) is 0 Å². The van der Waals surface area contributed by atoms with E-state index in [1.165, 1.54) is 0 Å². The number of hydrogen-bond donors (Lipinski definition) is 2. The van der Waals surface area contributed by atoms with Crippen molar-refractivity contribution in [2.75, 3.05) is 19.7 Å². The maximum atomic E-state index is 11.6. The molecule has 3 atom stereocenters. The van der Waals surface area contributed by atoms with Crippen molar-refractivity contribution in [3.8, 4) is 0 Å². The highest BCUT2D eigenvalue weighted by Gasteiger charge is 2.53. The molecule has 18 heavy (non-hydrogen) atoms. The molecule has 0 aliphatic carbocycles. The first-order chi connectivity index (χ1) is 8.48. The molecule has 0 unspecified atom stereocenters. The molecule has 2 fully saturated rings. The van der Waals surface area contributed by atoms with Gasteiger partial charge in [0.25, 0.3) is 0 Å². The Kier molecular flexibility index (Phi) is 3.75. The third-order valence-corrected chi connectivity index (χ3v) is 4.06.